The Kier molecular flexibility index (Phi) is 11.5. The first-order chi connectivity index (χ1) is 19.4. The van der Waals surface area contributed by atoms with Gasteiger partial charge in [0.25, 0.3) is 5.91 Å². The molecule has 1 aliphatic rings. The molecular formula is C27H31F4N3O6S. The van der Waals surface area contributed by atoms with Crippen LogP contribution in [0.1, 0.15) is 46.4 Å². The lowest BCUT2D eigenvalue weighted by Gasteiger charge is -2.25. The number of alkyl halides is 4. The third-order valence-corrected chi connectivity index (χ3v) is 7.59. The van der Waals surface area contributed by atoms with Gasteiger partial charge >= 0.3 is 13.2 Å². The number of rotatable bonds is 17. The number of nitrogens with zero attached hydrogens (tertiary/aromatic N) is 1. The van der Waals surface area contributed by atoms with Crippen LogP contribution in [0.2, 0.25) is 0 Å². The van der Waals surface area contributed by atoms with E-state index in [1.54, 1.807) is 44.2 Å². The van der Waals surface area contributed by atoms with Crippen molar-refractivity contribution in [2.45, 2.75) is 64.8 Å². The topological polar surface area (TPSA) is 124 Å². The van der Waals surface area contributed by atoms with Crippen LogP contribution < -0.4 is 10.6 Å². The number of carbonyl (C=O) groups is 4. The molecule has 1 fully saturated rings. The lowest BCUT2D eigenvalue weighted by atomic mass is 9.91. The van der Waals surface area contributed by atoms with Crippen molar-refractivity contribution in [3.05, 3.63) is 52.0 Å². The Balaban J connectivity index is 1.77. The fraction of sp³-hybridized carbons (Fsp3) is 0.519. The molecule has 2 aromatic rings. The first-order valence-corrected chi connectivity index (χ1v) is 13.6. The molecule has 1 heterocycles. The summed E-state index contributed by atoms with van der Waals surface area (Å²) in [7, 11) is 0. The van der Waals surface area contributed by atoms with Crippen molar-refractivity contribution in [2.75, 3.05) is 13.2 Å². The van der Waals surface area contributed by atoms with Gasteiger partial charge in [-0.1, -0.05) is 37.3 Å². The van der Waals surface area contributed by atoms with Crippen molar-refractivity contribution >= 4 is 34.7 Å². The fourth-order valence-electron chi connectivity index (χ4n) is 4.08. The SMILES string of the molecule is Cc1ncc(C(=O)NC(COC(F)F)C(=O)CC(COC(F)F)C(=O)NC(Cc2ccccc2)C(=O)C2(C)CC2)s1. The van der Waals surface area contributed by atoms with Crippen LogP contribution >= 0.6 is 11.3 Å². The van der Waals surface area contributed by atoms with Gasteiger partial charge in [-0.3, -0.25) is 19.2 Å². The van der Waals surface area contributed by atoms with Crippen molar-refractivity contribution < 1.29 is 46.2 Å². The van der Waals surface area contributed by atoms with E-state index in [4.69, 9.17) is 0 Å². The average Bonchev–Trinajstić information content (AvgIpc) is 3.53. The van der Waals surface area contributed by atoms with Crippen molar-refractivity contribution in [3.8, 4) is 0 Å². The maximum atomic E-state index is 13.3. The van der Waals surface area contributed by atoms with Crippen LogP contribution in [0.5, 0.6) is 0 Å². The maximum Gasteiger partial charge on any atom is 0.345 e. The zero-order chi connectivity index (χ0) is 30.2. The highest BCUT2D eigenvalue weighted by molar-refractivity contribution is 7.13. The van der Waals surface area contributed by atoms with Crippen LogP contribution in [-0.4, -0.2) is 66.9 Å². The molecule has 1 aliphatic carbocycles. The summed E-state index contributed by atoms with van der Waals surface area (Å²) in [6.07, 6.45) is 1.87. The summed E-state index contributed by atoms with van der Waals surface area (Å²) in [4.78, 5) is 56.2. The van der Waals surface area contributed by atoms with E-state index in [0.29, 0.717) is 17.8 Å². The summed E-state index contributed by atoms with van der Waals surface area (Å²) < 4.78 is 59.9. The number of nitrogens with one attached hydrogen (secondary N) is 2. The highest BCUT2D eigenvalue weighted by Crippen LogP contribution is 2.46. The van der Waals surface area contributed by atoms with Crippen molar-refractivity contribution in [2.24, 2.45) is 11.3 Å². The van der Waals surface area contributed by atoms with Crippen LogP contribution in [0.15, 0.2) is 36.5 Å². The third kappa shape index (κ3) is 9.97. The standard InChI is InChI=1S/C27H31F4N3O6S/c1-15-32-12-21(41-15)24(38)34-19(14-40-26(30)31)20(35)11-17(13-39-25(28)29)23(37)33-18(22(36)27(2)8-9-27)10-16-6-4-3-5-7-16/h3-7,12,17-19,25-26H,8-11,13-14H2,1-2H3,(H,33,37)(H,34,38). The van der Waals surface area contributed by atoms with E-state index in [0.717, 1.165) is 16.9 Å². The molecule has 224 valence electrons. The summed E-state index contributed by atoms with van der Waals surface area (Å²) in [6.45, 7) is -4.96. The molecule has 9 nitrogen and oxygen atoms in total. The summed E-state index contributed by atoms with van der Waals surface area (Å²) in [6, 6.07) is 6.21. The summed E-state index contributed by atoms with van der Waals surface area (Å²) >= 11 is 0.998. The molecule has 0 radical (unpaired) electrons. The number of aromatic nitrogens is 1. The molecule has 0 saturated heterocycles. The van der Waals surface area contributed by atoms with Gasteiger partial charge in [0.15, 0.2) is 11.6 Å². The summed E-state index contributed by atoms with van der Waals surface area (Å²) in [5, 5.41) is 5.41. The number of hydrogen-bond acceptors (Lipinski definition) is 8. The third-order valence-electron chi connectivity index (χ3n) is 6.68. The Morgan fingerprint density at radius 3 is 2.17 bits per heavy atom. The number of aryl methyl sites for hydroxylation is 1. The Hall–Kier alpha value is -3.23. The highest BCUT2D eigenvalue weighted by Gasteiger charge is 2.48. The van der Waals surface area contributed by atoms with Gasteiger partial charge in [0.05, 0.1) is 36.4 Å². The second kappa shape index (κ2) is 14.6. The number of ketones is 2. The van der Waals surface area contributed by atoms with Gasteiger partial charge < -0.3 is 20.1 Å². The van der Waals surface area contributed by atoms with Gasteiger partial charge in [0, 0.05) is 11.8 Å². The van der Waals surface area contributed by atoms with E-state index in [2.05, 4.69) is 25.1 Å². The minimum atomic E-state index is -3.26. The monoisotopic (exact) mass is 601 g/mol. The molecule has 2 amide bonds. The minimum Gasteiger partial charge on any atom is -0.346 e. The second-order valence-corrected chi connectivity index (χ2v) is 11.2. The van der Waals surface area contributed by atoms with Gasteiger partial charge in [0.2, 0.25) is 5.91 Å². The Morgan fingerprint density at radius 1 is 0.976 bits per heavy atom. The van der Waals surface area contributed by atoms with Gasteiger partial charge in [-0.25, -0.2) is 4.98 Å². The van der Waals surface area contributed by atoms with Gasteiger partial charge in [-0.2, -0.15) is 17.6 Å². The summed E-state index contributed by atoms with van der Waals surface area (Å²) in [5.74, 6) is -4.38. The lowest BCUT2D eigenvalue weighted by molar-refractivity contribution is -0.155. The van der Waals surface area contributed by atoms with Crippen LogP contribution in [-0.2, 0) is 30.3 Å². The Morgan fingerprint density at radius 2 is 1.61 bits per heavy atom. The van der Waals surface area contributed by atoms with E-state index in [1.165, 1.54) is 6.20 Å². The number of thiazole rings is 1. The smallest absolute Gasteiger partial charge is 0.345 e. The van der Waals surface area contributed by atoms with E-state index in [9.17, 15) is 36.7 Å². The molecule has 41 heavy (non-hydrogen) atoms. The first-order valence-electron chi connectivity index (χ1n) is 12.8. The van der Waals surface area contributed by atoms with E-state index < -0.39 is 73.9 Å². The number of hydrogen-bond donors (Lipinski definition) is 2. The lowest BCUT2D eigenvalue weighted by Crippen LogP contribution is -2.50. The molecule has 14 heteroatoms. The summed E-state index contributed by atoms with van der Waals surface area (Å²) in [5.41, 5.74) is 0.117. The number of amides is 2. The Bertz CT molecular complexity index is 1210. The normalized spacial score (nSPS) is 16.2. The molecule has 1 aromatic heterocycles. The van der Waals surface area contributed by atoms with Gasteiger partial charge in [0.1, 0.15) is 10.9 Å². The fourth-order valence-corrected chi connectivity index (χ4v) is 4.76. The molecule has 3 unspecified atom stereocenters. The zero-order valence-corrected chi connectivity index (χ0v) is 23.2. The predicted octanol–water partition coefficient (Wildman–Crippen LogP) is 3.70. The van der Waals surface area contributed by atoms with E-state index in [1.807, 2.05) is 0 Å². The molecule has 0 bridgehead atoms. The molecule has 3 atom stereocenters. The molecule has 0 aliphatic heterocycles. The van der Waals surface area contributed by atoms with Gasteiger partial charge in [-0.05, 0) is 31.7 Å². The van der Waals surface area contributed by atoms with Crippen LogP contribution in [0.25, 0.3) is 0 Å². The van der Waals surface area contributed by atoms with Crippen molar-refractivity contribution in [1.82, 2.24) is 15.6 Å². The number of carbonyl (C=O) groups excluding carboxylic acids is 4. The molecule has 2 N–H and O–H groups in total. The van der Waals surface area contributed by atoms with Gasteiger partial charge in [-0.15, -0.1) is 11.3 Å². The largest absolute Gasteiger partial charge is 0.346 e. The number of halogens is 4. The Labute approximate surface area is 238 Å². The quantitative estimate of drug-likeness (QED) is 0.265. The molecule has 1 aromatic carbocycles. The molecule has 1 saturated carbocycles. The van der Waals surface area contributed by atoms with Crippen LogP contribution in [0.3, 0.4) is 0 Å². The minimum absolute atomic E-state index is 0.100. The van der Waals surface area contributed by atoms with E-state index >= 15 is 0 Å². The molecular weight excluding hydrogens is 570 g/mol. The average molecular weight is 602 g/mol. The van der Waals surface area contributed by atoms with E-state index in [-0.39, 0.29) is 17.1 Å². The van der Waals surface area contributed by atoms with Crippen molar-refractivity contribution in [3.63, 3.8) is 0 Å². The maximum absolute atomic E-state index is 13.3. The number of Topliss-reactive ketones (excluding diaryl/α,β-unsaturated/α-hetero) is 2. The zero-order valence-electron chi connectivity index (χ0n) is 22.4. The molecule has 3 rings (SSSR count). The van der Waals surface area contributed by atoms with Crippen molar-refractivity contribution in [1.29, 1.82) is 0 Å². The molecule has 0 spiro atoms. The second-order valence-electron chi connectivity index (χ2n) is 10.0. The number of ether oxygens (including phenoxy) is 2. The number of benzene rings is 1. The predicted molar refractivity (Wildman–Crippen MR) is 140 cm³/mol. The highest BCUT2D eigenvalue weighted by atomic mass is 32.1. The first kappa shape index (κ1) is 32.3. The van der Waals surface area contributed by atoms with Crippen LogP contribution in [0, 0.1) is 18.3 Å². The van der Waals surface area contributed by atoms with Crippen LogP contribution in [0.4, 0.5) is 17.6 Å².